The number of sulfonamides is 1. The van der Waals surface area contributed by atoms with Gasteiger partial charge >= 0.3 is 0 Å². The molecule has 0 aromatic heterocycles. The van der Waals surface area contributed by atoms with Crippen LogP contribution in [0.5, 0.6) is 0 Å². The van der Waals surface area contributed by atoms with Crippen molar-refractivity contribution in [2.45, 2.75) is 18.7 Å². The highest BCUT2D eigenvalue weighted by Crippen LogP contribution is 2.26. The summed E-state index contributed by atoms with van der Waals surface area (Å²) in [5.41, 5.74) is 6.42. The number of anilines is 2. The van der Waals surface area contributed by atoms with E-state index in [0.29, 0.717) is 5.69 Å². The molecule has 0 spiro atoms. The largest absolute Gasteiger partial charge is 0.378 e. The molecule has 0 aliphatic heterocycles. The second-order valence-corrected chi connectivity index (χ2v) is 9.75. The summed E-state index contributed by atoms with van der Waals surface area (Å²) in [6, 6.07) is 21.3. The lowest BCUT2D eigenvalue weighted by Gasteiger charge is -2.25. The van der Waals surface area contributed by atoms with Gasteiger partial charge in [-0.1, -0.05) is 48.0 Å². The summed E-state index contributed by atoms with van der Waals surface area (Å²) in [6.45, 7) is 3.29. The van der Waals surface area contributed by atoms with Gasteiger partial charge in [-0.05, 0) is 55.3 Å². The molecule has 0 fully saturated rings. The molecule has 1 N–H and O–H groups in total. The lowest BCUT2D eigenvalue weighted by Crippen LogP contribution is -2.40. The smallest absolute Gasteiger partial charge is 0.264 e. The minimum absolute atomic E-state index is 0.119. The first kappa shape index (κ1) is 24.0. The summed E-state index contributed by atoms with van der Waals surface area (Å²) in [5, 5.41) is 3.99. The second kappa shape index (κ2) is 10.3. The number of carbonyl (C=O) groups is 1. The Balaban J connectivity index is 1.81. The lowest BCUT2D eigenvalue weighted by atomic mass is 10.2. The molecule has 3 aromatic carbocycles. The van der Waals surface area contributed by atoms with E-state index in [1.807, 2.05) is 56.3 Å². The number of aryl methyl sites for hydroxylation is 2. The molecule has 0 bridgehead atoms. The number of hydrazone groups is 1. The van der Waals surface area contributed by atoms with Gasteiger partial charge in [0.15, 0.2) is 0 Å². The first-order valence-electron chi connectivity index (χ1n) is 10.4. The Hall–Kier alpha value is -3.65. The van der Waals surface area contributed by atoms with Crippen molar-refractivity contribution in [1.82, 2.24) is 5.43 Å². The number of hydrogen-bond donors (Lipinski definition) is 1. The summed E-state index contributed by atoms with van der Waals surface area (Å²) >= 11 is 0. The highest BCUT2D eigenvalue weighted by atomic mass is 32.2. The highest BCUT2D eigenvalue weighted by molar-refractivity contribution is 7.92. The standard InChI is InChI=1S/C25H28N4O3S/c1-19-9-15-23(16-10-19)33(31,32)29(24-8-6-5-7-20(24)2)18-25(30)27-26-17-21-11-13-22(14-12-21)28(3)4/h5-17H,18H2,1-4H3,(H,27,30)/b26-17+. The normalized spacial score (nSPS) is 11.4. The number of nitrogens with zero attached hydrogens (tertiary/aromatic N) is 3. The fourth-order valence-corrected chi connectivity index (χ4v) is 4.67. The van der Waals surface area contributed by atoms with E-state index >= 15 is 0 Å². The van der Waals surface area contributed by atoms with E-state index in [2.05, 4.69) is 10.5 Å². The van der Waals surface area contributed by atoms with E-state index in [-0.39, 0.29) is 4.90 Å². The number of para-hydroxylation sites is 1. The van der Waals surface area contributed by atoms with Crippen LogP contribution in [0.15, 0.2) is 82.8 Å². The van der Waals surface area contributed by atoms with E-state index in [1.165, 1.54) is 6.21 Å². The molecular weight excluding hydrogens is 436 g/mol. The molecule has 0 unspecified atom stereocenters. The monoisotopic (exact) mass is 464 g/mol. The molecule has 3 aromatic rings. The van der Waals surface area contributed by atoms with Gasteiger partial charge in [-0.2, -0.15) is 5.10 Å². The van der Waals surface area contributed by atoms with E-state index in [9.17, 15) is 13.2 Å². The van der Waals surface area contributed by atoms with Gasteiger partial charge in [-0.15, -0.1) is 0 Å². The van der Waals surface area contributed by atoms with Crippen molar-refractivity contribution in [3.8, 4) is 0 Å². The number of nitrogens with one attached hydrogen (secondary N) is 1. The van der Waals surface area contributed by atoms with Crippen LogP contribution in [0.25, 0.3) is 0 Å². The predicted molar refractivity (Wildman–Crippen MR) is 133 cm³/mol. The summed E-state index contributed by atoms with van der Waals surface area (Å²) in [4.78, 5) is 14.8. The number of benzene rings is 3. The third-order valence-electron chi connectivity index (χ3n) is 5.09. The van der Waals surface area contributed by atoms with Crippen molar-refractivity contribution >= 4 is 33.5 Å². The zero-order valence-corrected chi connectivity index (χ0v) is 20.0. The first-order chi connectivity index (χ1) is 15.7. The molecule has 0 aliphatic rings. The SMILES string of the molecule is Cc1ccc(S(=O)(=O)N(CC(=O)N/N=C/c2ccc(N(C)C)cc2)c2ccccc2C)cc1. The van der Waals surface area contributed by atoms with E-state index in [4.69, 9.17) is 0 Å². The quantitative estimate of drug-likeness (QED) is 0.407. The van der Waals surface area contributed by atoms with E-state index < -0.39 is 22.5 Å². The molecule has 172 valence electrons. The zero-order chi connectivity index (χ0) is 24.0. The van der Waals surface area contributed by atoms with E-state index in [0.717, 1.165) is 26.7 Å². The molecule has 3 rings (SSSR count). The maximum atomic E-state index is 13.4. The van der Waals surface area contributed by atoms with Crippen LogP contribution in [0.4, 0.5) is 11.4 Å². The van der Waals surface area contributed by atoms with Crippen molar-refractivity contribution in [2.24, 2.45) is 5.10 Å². The first-order valence-corrected chi connectivity index (χ1v) is 11.9. The second-order valence-electron chi connectivity index (χ2n) is 7.89. The number of hydrogen-bond acceptors (Lipinski definition) is 5. The van der Waals surface area contributed by atoms with Gasteiger partial charge in [-0.25, -0.2) is 13.8 Å². The number of rotatable bonds is 8. The molecular formula is C25H28N4O3S. The van der Waals surface area contributed by atoms with Crippen LogP contribution in [0.1, 0.15) is 16.7 Å². The maximum absolute atomic E-state index is 13.4. The summed E-state index contributed by atoms with van der Waals surface area (Å²) in [5.74, 6) is -0.546. The van der Waals surface area contributed by atoms with Crippen LogP contribution >= 0.6 is 0 Å². The molecule has 0 aliphatic carbocycles. The van der Waals surface area contributed by atoms with Crippen molar-refractivity contribution in [3.05, 3.63) is 89.5 Å². The highest BCUT2D eigenvalue weighted by Gasteiger charge is 2.28. The topological polar surface area (TPSA) is 82.1 Å². The molecule has 0 atom stereocenters. The van der Waals surface area contributed by atoms with Crippen molar-refractivity contribution in [1.29, 1.82) is 0 Å². The van der Waals surface area contributed by atoms with Crippen LogP contribution in [0.2, 0.25) is 0 Å². The lowest BCUT2D eigenvalue weighted by molar-refractivity contribution is -0.119. The summed E-state index contributed by atoms with van der Waals surface area (Å²) < 4.78 is 27.9. The minimum Gasteiger partial charge on any atom is -0.378 e. The Morgan fingerprint density at radius 1 is 0.939 bits per heavy atom. The maximum Gasteiger partial charge on any atom is 0.264 e. The minimum atomic E-state index is -3.96. The van der Waals surface area contributed by atoms with Gasteiger partial charge in [0.25, 0.3) is 15.9 Å². The van der Waals surface area contributed by atoms with Gasteiger partial charge in [0.05, 0.1) is 16.8 Å². The van der Waals surface area contributed by atoms with Gasteiger partial charge in [0.1, 0.15) is 6.54 Å². The van der Waals surface area contributed by atoms with E-state index in [1.54, 1.807) is 49.4 Å². The van der Waals surface area contributed by atoms with Crippen molar-refractivity contribution in [3.63, 3.8) is 0 Å². The zero-order valence-electron chi connectivity index (χ0n) is 19.2. The number of carbonyl (C=O) groups excluding carboxylic acids is 1. The van der Waals surface area contributed by atoms with Gasteiger partial charge in [-0.3, -0.25) is 9.10 Å². The molecule has 8 heteroatoms. The molecule has 7 nitrogen and oxygen atoms in total. The Labute approximate surface area is 195 Å². The fourth-order valence-electron chi connectivity index (χ4n) is 3.18. The van der Waals surface area contributed by atoms with Crippen LogP contribution < -0.4 is 14.6 Å². The third-order valence-corrected chi connectivity index (χ3v) is 6.87. The molecule has 0 saturated heterocycles. The molecule has 1 amide bonds. The molecule has 33 heavy (non-hydrogen) atoms. The van der Waals surface area contributed by atoms with Crippen LogP contribution in [-0.4, -0.2) is 41.2 Å². The van der Waals surface area contributed by atoms with Crippen molar-refractivity contribution < 1.29 is 13.2 Å². The Morgan fingerprint density at radius 3 is 2.18 bits per heavy atom. The summed E-state index contributed by atoms with van der Waals surface area (Å²) in [7, 11) is -0.0575. The number of amides is 1. The van der Waals surface area contributed by atoms with Gasteiger partial charge in [0.2, 0.25) is 0 Å². The van der Waals surface area contributed by atoms with Gasteiger partial charge in [0, 0.05) is 19.8 Å². The molecule has 0 saturated carbocycles. The summed E-state index contributed by atoms with van der Waals surface area (Å²) in [6.07, 6.45) is 1.52. The van der Waals surface area contributed by atoms with Crippen LogP contribution in [-0.2, 0) is 14.8 Å². The van der Waals surface area contributed by atoms with Gasteiger partial charge < -0.3 is 4.90 Å². The third kappa shape index (κ3) is 5.98. The van der Waals surface area contributed by atoms with Crippen molar-refractivity contribution in [2.75, 3.05) is 29.8 Å². The average molecular weight is 465 g/mol. The Morgan fingerprint density at radius 2 is 1.58 bits per heavy atom. The van der Waals surface area contributed by atoms with Crippen LogP contribution in [0.3, 0.4) is 0 Å². The predicted octanol–water partition coefficient (Wildman–Crippen LogP) is 3.72. The molecule has 0 radical (unpaired) electrons. The molecule has 0 heterocycles. The average Bonchev–Trinajstić information content (AvgIpc) is 2.78. The van der Waals surface area contributed by atoms with Crippen LogP contribution in [0, 0.1) is 13.8 Å². The fraction of sp³-hybridized carbons (Fsp3) is 0.200. The Bertz CT molecular complexity index is 1240. The Kier molecular flexibility index (Phi) is 7.50.